The molecule has 1 aliphatic heterocycles. The molecule has 44 heavy (non-hydrogen) atoms. The molecule has 4 heteroatoms. The van der Waals surface area contributed by atoms with Crippen LogP contribution in [0, 0.1) is 0 Å². The minimum Gasteiger partial charge on any atom is -0.481 e. The number of hydrogen-bond acceptors (Lipinski definition) is 3. The third-order valence-corrected chi connectivity index (χ3v) is 8.90. The van der Waals surface area contributed by atoms with E-state index in [9.17, 15) is 4.79 Å². The molecule has 224 valence electrons. The first-order chi connectivity index (χ1) is 21.0. The Morgan fingerprint density at radius 2 is 1.50 bits per heavy atom. The van der Waals surface area contributed by atoms with Crippen LogP contribution in [-0.2, 0) is 15.6 Å². The standard InChI is InChI=1S/C40H42N2O2/c1-28(39(2,3)37-31-19-14-12-17-29(31)22-24-33(37)41-27-26-36(43)44)16-10-8-7-9-11-21-35-40(4,5)38-32-20-15-13-18-30(32)23-25-34(38)42(35)6/h7-25,41H,1,26-27H2,2-6H3,(H,43,44)/b8-7+,11-9+,16-10+,35-21+. The lowest BCUT2D eigenvalue weighted by molar-refractivity contribution is -0.136. The molecule has 0 radical (unpaired) electrons. The van der Waals surface area contributed by atoms with Crippen LogP contribution in [0.2, 0.25) is 0 Å². The van der Waals surface area contributed by atoms with Crippen molar-refractivity contribution in [3.8, 4) is 0 Å². The highest BCUT2D eigenvalue weighted by Gasteiger charge is 2.39. The van der Waals surface area contributed by atoms with E-state index in [1.165, 1.54) is 27.7 Å². The fourth-order valence-electron chi connectivity index (χ4n) is 6.47. The molecular formula is C40H42N2O2. The van der Waals surface area contributed by atoms with Gasteiger partial charge in [-0.1, -0.05) is 131 Å². The Balaban J connectivity index is 1.31. The Labute approximate surface area is 261 Å². The molecule has 0 saturated carbocycles. The second-order valence-electron chi connectivity index (χ2n) is 12.5. The number of carboxylic acid groups (broad SMARTS) is 1. The third-order valence-electron chi connectivity index (χ3n) is 8.90. The van der Waals surface area contributed by atoms with Crippen LogP contribution >= 0.6 is 0 Å². The molecule has 0 aromatic heterocycles. The average molecular weight is 583 g/mol. The topological polar surface area (TPSA) is 52.6 Å². The number of nitrogens with one attached hydrogen (secondary N) is 1. The number of allylic oxidation sites excluding steroid dienone is 9. The van der Waals surface area contributed by atoms with Crippen LogP contribution in [0.15, 0.2) is 133 Å². The van der Waals surface area contributed by atoms with Gasteiger partial charge in [-0.25, -0.2) is 0 Å². The van der Waals surface area contributed by atoms with E-state index in [0.29, 0.717) is 6.54 Å². The zero-order valence-electron chi connectivity index (χ0n) is 26.4. The second kappa shape index (κ2) is 12.4. The number of rotatable bonds is 10. The van der Waals surface area contributed by atoms with Crippen LogP contribution in [0.25, 0.3) is 21.5 Å². The van der Waals surface area contributed by atoms with E-state index in [0.717, 1.165) is 27.6 Å². The first-order valence-electron chi connectivity index (χ1n) is 15.2. The largest absolute Gasteiger partial charge is 0.481 e. The predicted octanol–water partition coefficient (Wildman–Crippen LogP) is 9.69. The summed E-state index contributed by atoms with van der Waals surface area (Å²) < 4.78 is 0. The molecular weight excluding hydrogens is 540 g/mol. The van der Waals surface area contributed by atoms with Crippen molar-refractivity contribution in [2.75, 3.05) is 23.8 Å². The SMILES string of the molecule is C=C(/C=C/C=C/C=C/C=C1/N(C)c2ccc3ccccc3c2C1(C)C)C(C)(C)c1c(NCCC(=O)O)ccc2ccccc12. The summed E-state index contributed by atoms with van der Waals surface area (Å²) in [6, 6.07) is 25.5. The van der Waals surface area contributed by atoms with Crippen molar-refractivity contribution in [3.05, 3.63) is 144 Å². The number of likely N-dealkylation sites (N-methyl/N-ethyl adjacent to an activating group) is 1. The van der Waals surface area contributed by atoms with E-state index in [2.05, 4.69) is 130 Å². The van der Waals surface area contributed by atoms with Gasteiger partial charge in [-0.3, -0.25) is 4.79 Å². The van der Waals surface area contributed by atoms with Gasteiger partial charge in [0.1, 0.15) is 0 Å². The van der Waals surface area contributed by atoms with Crippen molar-refractivity contribution in [3.63, 3.8) is 0 Å². The van der Waals surface area contributed by atoms with Gasteiger partial charge in [0.15, 0.2) is 0 Å². The van der Waals surface area contributed by atoms with Crippen molar-refractivity contribution < 1.29 is 9.90 Å². The number of benzene rings is 4. The highest BCUT2D eigenvalue weighted by molar-refractivity contribution is 5.95. The maximum Gasteiger partial charge on any atom is 0.305 e. The number of hydrogen-bond donors (Lipinski definition) is 2. The van der Waals surface area contributed by atoms with E-state index in [-0.39, 0.29) is 11.8 Å². The van der Waals surface area contributed by atoms with E-state index >= 15 is 0 Å². The molecule has 0 atom stereocenters. The zero-order chi connectivity index (χ0) is 31.5. The van der Waals surface area contributed by atoms with Crippen LogP contribution in [0.3, 0.4) is 0 Å². The average Bonchev–Trinajstić information content (AvgIpc) is 3.20. The first kappa shape index (κ1) is 30.6. The Bertz CT molecular complexity index is 1850. The van der Waals surface area contributed by atoms with Gasteiger partial charge < -0.3 is 15.3 Å². The quantitative estimate of drug-likeness (QED) is 0.183. The number of nitrogens with zero attached hydrogens (tertiary/aromatic N) is 1. The molecule has 2 N–H and O–H groups in total. The van der Waals surface area contributed by atoms with Gasteiger partial charge in [0.05, 0.1) is 6.42 Å². The monoisotopic (exact) mass is 582 g/mol. The lowest BCUT2D eigenvalue weighted by atomic mass is 9.75. The minimum absolute atomic E-state index is 0.0557. The van der Waals surface area contributed by atoms with Gasteiger partial charge in [-0.05, 0) is 56.5 Å². The first-order valence-corrected chi connectivity index (χ1v) is 15.2. The van der Waals surface area contributed by atoms with Crippen LogP contribution in [-0.4, -0.2) is 24.7 Å². The molecule has 0 unspecified atom stereocenters. The number of carboxylic acids is 1. The Kier molecular flexibility index (Phi) is 8.64. The summed E-state index contributed by atoms with van der Waals surface area (Å²) in [6.45, 7) is 13.7. The summed E-state index contributed by atoms with van der Waals surface area (Å²) in [7, 11) is 2.15. The molecule has 4 aromatic rings. The fourth-order valence-corrected chi connectivity index (χ4v) is 6.47. The van der Waals surface area contributed by atoms with Gasteiger partial charge >= 0.3 is 5.97 Å². The highest BCUT2D eigenvalue weighted by Crippen LogP contribution is 2.50. The fraction of sp³-hybridized carbons (Fsp3) is 0.225. The minimum atomic E-state index is -0.818. The molecule has 1 aliphatic rings. The number of carbonyl (C=O) groups is 1. The van der Waals surface area contributed by atoms with Crippen molar-refractivity contribution in [2.45, 2.75) is 44.9 Å². The molecule has 1 heterocycles. The van der Waals surface area contributed by atoms with Crippen molar-refractivity contribution in [2.24, 2.45) is 0 Å². The van der Waals surface area contributed by atoms with E-state index in [4.69, 9.17) is 5.11 Å². The van der Waals surface area contributed by atoms with Crippen molar-refractivity contribution in [1.29, 1.82) is 0 Å². The van der Waals surface area contributed by atoms with E-state index in [1.807, 2.05) is 36.4 Å². The molecule has 0 saturated heterocycles. The maximum atomic E-state index is 11.1. The van der Waals surface area contributed by atoms with Crippen LogP contribution in [0.5, 0.6) is 0 Å². The van der Waals surface area contributed by atoms with Crippen LogP contribution in [0.1, 0.15) is 45.2 Å². The molecule has 0 bridgehead atoms. The number of anilines is 2. The smallest absolute Gasteiger partial charge is 0.305 e. The lowest BCUT2D eigenvalue weighted by Gasteiger charge is -2.31. The third kappa shape index (κ3) is 5.85. The van der Waals surface area contributed by atoms with Crippen LogP contribution in [0.4, 0.5) is 11.4 Å². The summed E-state index contributed by atoms with van der Waals surface area (Å²) in [4.78, 5) is 13.4. The van der Waals surface area contributed by atoms with Gasteiger partial charge in [-0.15, -0.1) is 0 Å². The Morgan fingerprint density at radius 1 is 0.886 bits per heavy atom. The van der Waals surface area contributed by atoms with Crippen molar-refractivity contribution >= 4 is 38.9 Å². The number of fused-ring (bicyclic) bond motifs is 4. The van der Waals surface area contributed by atoms with Gasteiger partial charge in [0.25, 0.3) is 0 Å². The lowest BCUT2D eigenvalue weighted by Crippen LogP contribution is -2.22. The summed E-state index contributed by atoms with van der Waals surface area (Å²) in [5.74, 6) is -0.818. The van der Waals surface area contributed by atoms with Crippen molar-refractivity contribution in [1.82, 2.24) is 0 Å². The van der Waals surface area contributed by atoms with Gasteiger partial charge in [0.2, 0.25) is 0 Å². The predicted molar refractivity (Wildman–Crippen MR) is 188 cm³/mol. The Hall–Kier alpha value is -4.83. The zero-order valence-corrected chi connectivity index (χ0v) is 26.4. The highest BCUT2D eigenvalue weighted by atomic mass is 16.4. The molecule has 0 spiro atoms. The maximum absolute atomic E-state index is 11.1. The summed E-state index contributed by atoms with van der Waals surface area (Å²) in [6.07, 6.45) is 14.6. The van der Waals surface area contributed by atoms with Gasteiger partial charge in [-0.2, -0.15) is 0 Å². The molecule has 0 fully saturated rings. The van der Waals surface area contributed by atoms with Crippen LogP contribution < -0.4 is 10.2 Å². The summed E-state index contributed by atoms with van der Waals surface area (Å²) in [5, 5.41) is 17.4. The molecule has 0 amide bonds. The van der Waals surface area contributed by atoms with E-state index < -0.39 is 11.4 Å². The number of aliphatic carboxylic acids is 1. The Morgan fingerprint density at radius 3 is 2.23 bits per heavy atom. The molecule has 0 aliphatic carbocycles. The molecule has 5 rings (SSSR count). The summed E-state index contributed by atoms with van der Waals surface area (Å²) in [5.41, 5.74) is 6.42. The van der Waals surface area contributed by atoms with E-state index in [1.54, 1.807) is 0 Å². The summed E-state index contributed by atoms with van der Waals surface area (Å²) >= 11 is 0. The van der Waals surface area contributed by atoms with Gasteiger partial charge in [0, 0.05) is 41.5 Å². The normalized spacial score (nSPS) is 15.8. The molecule has 4 nitrogen and oxygen atoms in total. The second-order valence-corrected chi connectivity index (χ2v) is 12.5. The molecule has 4 aromatic carbocycles.